The van der Waals surface area contributed by atoms with Crippen molar-refractivity contribution in [1.29, 1.82) is 5.26 Å². The van der Waals surface area contributed by atoms with Crippen LogP contribution in [-0.2, 0) is 0 Å². The molecule has 0 atom stereocenters. The predicted octanol–water partition coefficient (Wildman–Crippen LogP) is 4.63. The van der Waals surface area contributed by atoms with E-state index in [1.165, 1.54) is 20.3 Å². The van der Waals surface area contributed by atoms with Crippen molar-refractivity contribution in [3.63, 3.8) is 0 Å². The van der Waals surface area contributed by atoms with Gasteiger partial charge in [0.05, 0.1) is 19.2 Å². The summed E-state index contributed by atoms with van der Waals surface area (Å²) >= 11 is 6.19. The monoisotopic (exact) mass is 366 g/mol. The number of rotatable bonds is 5. The van der Waals surface area contributed by atoms with E-state index in [2.05, 4.69) is 4.98 Å². The number of halogens is 1. The molecule has 0 aliphatic heterocycles. The molecule has 0 aliphatic rings. The fourth-order valence-electron chi connectivity index (χ4n) is 2.74. The molecule has 1 aromatic heterocycles. The Bertz CT molecular complexity index is 1060. The van der Waals surface area contributed by atoms with Crippen molar-refractivity contribution in [2.45, 2.75) is 0 Å². The largest absolute Gasteiger partial charge is 0.493 e. The van der Waals surface area contributed by atoms with Crippen LogP contribution in [0, 0.1) is 11.3 Å². The first-order chi connectivity index (χ1) is 12.6. The summed E-state index contributed by atoms with van der Waals surface area (Å²) in [6.45, 7) is 0. The topological polar surface area (TPSA) is 75.1 Å². The fourth-order valence-corrected chi connectivity index (χ4v) is 3.04. The minimum atomic E-state index is -0.365. The van der Waals surface area contributed by atoms with Crippen LogP contribution in [-0.4, -0.2) is 25.0 Å². The minimum absolute atomic E-state index is 0.00182. The maximum Gasteiger partial charge on any atom is 0.205 e. The molecule has 130 valence electrons. The number of ether oxygens (including phenoxy) is 2. The number of nitriles is 1. The van der Waals surface area contributed by atoms with Gasteiger partial charge < -0.3 is 14.5 Å². The highest BCUT2D eigenvalue weighted by Crippen LogP contribution is 2.36. The predicted molar refractivity (Wildman–Crippen MR) is 101 cm³/mol. The number of nitrogens with zero attached hydrogens (tertiary/aromatic N) is 1. The van der Waals surface area contributed by atoms with Gasteiger partial charge >= 0.3 is 0 Å². The highest BCUT2D eigenvalue weighted by Gasteiger charge is 2.17. The summed E-state index contributed by atoms with van der Waals surface area (Å²) in [5, 5.41) is 10.6. The van der Waals surface area contributed by atoms with Gasteiger partial charge in [-0.25, -0.2) is 0 Å². The van der Waals surface area contributed by atoms with Gasteiger partial charge in [-0.15, -0.1) is 0 Å². The van der Waals surface area contributed by atoms with E-state index < -0.39 is 0 Å². The lowest BCUT2D eigenvalue weighted by Gasteiger charge is -2.10. The van der Waals surface area contributed by atoms with Crippen LogP contribution in [0.3, 0.4) is 0 Å². The molecule has 0 fully saturated rings. The quantitative estimate of drug-likeness (QED) is 0.406. The Hall–Kier alpha value is -3.23. The lowest BCUT2D eigenvalue weighted by atomic mass is 10.0. The molecule has 3 aromatic rings. The number of methoxy groups -OCH3 is 2. The molecule has 0 bridgehead atoms. The molecule has 1 heterocycles. The Morgan fingerprint density at radius 1 is 1.23 bits per heavy atom. The maximum atomic E-state index is 12.8. The van der Waals surface area contributed by atoms with Crippen LogP contribution in [0.15, 0.2) is 48.2 Å². The van der Waals surface area contributed by atoms with E-state index in [1.54, 1.807) is 18.3 Å². The summed E-state index contributed by atoms with van der Waals surface area (Å²) in [6.07, 6.45) is 3.09. The van der Waals surface area contributed by atoms with E-state index in [-0.39, 0.29) is 11.4 Å². The van der Waals surface area contributed by atoms with Crippen molar-refractivity contribution in [2.24, 2.45) is 0 Å². The number of hydrogen-bond donors (Lipinski definition) is 1. The number of para-hydroxylation sites is 1. The van der Waals surface area contributed by atoms with Gasteiger partial charge in [0.2, 0.25) is 5.78 Å². The van der Waals surface area contributed by atoms with Crippen LogP contribution >= 0.6 is 11.6 Å². The van der Waals surface area contributed by atoms with Crippen LogP contribution in [0.5, 0.6) is 11.5 Å². The molecule has 0 unspecified atom stereocenters. The van der Waals surface area contributed by atoms with Gasteiger partial charge in [-0.05, 0) is 29.8 Å². The number of allylic oxidation sites excluding steroid dienone is 1. The maximum absolute atomic E-state index is 12.8. The Morgan fingerprint density at radius 3 is 2.69 bits per heavy atom. The van der Waals surface area contributed by atoms with Crippen molar-refractivity contribution >= 4 is 34.4 Å². The normalized spacial score (nSPS) is 11.2. The molecule has 26 heavy (non-hydrogen) atoms. The summed E-state index contributed by atoms with van der Waals surface area (Å²) < 4.78 is 10.4. The lowest BCUT2D eigenvalue weighted by Crippen LogP contribution is -2.01. The Labute approximate surface area is 155 Å². The number of aromatic nitrogens is 1. The molecular weight excluding hydrogens is 352 g/mol. The Morgan fingerprint density at radius 2 is 2.00 bits per heavy atom. The van der Waals surface area contributed by atoms with Crippen LogP contribution in [0.2, 0.25) is 5.02 Å². The number of ketones is 1. The molecule has 0 saturated carbocycles. The summed E-state index contributed by atoms with van der Waals surface area (Å²) in [5.74, 6) is 0.451. The third kappa shape index (κ3) is 3.15. The third-order valence-electron chi connectivity index (χ3n) is 3.97. The van der Waals surface area contributed by atoms with Crippen molar-refractivity contribution in [3.05, 3.63) is 64.3 Å². The van der Waals surface area contributed by atoms with Gasteiger partial charge in [0, 0.05) is 22.7 Å². The van der Waals surface area contributed by atoms with E-state index in [1.807, 2.05) is 30.3 Å². The Balaban J connectivity index is 2.05. The highest BCUT2D eigenvalue weighted by molar-refractivity contribution is 6.32. The zero-order chi connectivity index (χ0) is 18.7. The molecule has 1 N–H and O–H groups in total. The number of H-pyrrole nitrogens is 1. The van der Waals surface area contributed by atoms with E-state index in [4.69, 9.17) is 21.1 Å². The van der Waals surface area contributed by atoms with Crippen LogP contribution in [0.1, 0.15) is 15.9 Å². The zero-order valence-corrected chi connectivity index (χ0v) is 14.9. The molecule has 0 amide bonds. The van der Waals surface area contributed by atoms with Crippen LogP contribution in [0.4, 0.5) is 0 Å². The molecule has 3 rings (SSSR count). The summed E-state index contributed by atoms with van der Waals surface area (Å²) in [5.41, 5.74) is 1.85. The summed E-state index contributed by atoms with van der Waals surface area (Å²) in [6, 6.07) is 12.7. The molecule has 0 spiro atoms. The highest BCUT2D eigenvalue weighted by atomic mass is 35.5. The standard InChI is InChI=1S/C20H15ClN2O3/c1-25-18-9-12(8-16(21)20(18)26-2)7-13(10-22)19(24)15-11-23-17-6-4-3-5-14(15)17/h3-9,11,23H,1-2H3/b13-7+. The number of Topliss-reactive ketones (excluding diaryl/α,β-unsaturated/α-hetero) is 1. The fraction of sp³-hybridized carbons (Fsp3) is 0.100. The van der Waals surface area contributed by atoms with Crippen molar-refractivity contribution in [2.75, 3.05) is 14.2 Å². The van der Waals surface area contributed by atoms with Crippen molar-refractivity contribution in [1.82, 2.24) is 4.98 Å². The van der Waals surface area contributed by atoms with Gasteiger partial charge in [0.25, 0.3) is 0 Å². The summed E-state index contributed by atoms with van der Waals surface area (Å²) in [4.78, 5) is 15.9. The smallest absolute Gasteiger partial charge is 0.205 e. The SMILES string of the molecule is COc1cc(/C=C(\C#N)C(=O)c2c[nH]c3ccccc23)cc(Cl)c1OC. The van der Waals surface area contributed by atoms with E-state index in [0.717, 1.165) is 10.9 Å². The molecule has 0 saturated heterocycles. The number of aromatic amines is 1. The second-order valence-corrected chi connectivity index (χ2v) is 5.89. The molecule has 0 aliphatic carbocycles. The first kappa shape index (κ1) is 17.6. The number of carbonyl (C=O) groups excluding carboxylic acids is 1. The molecule has 0 radical (unpaired) electrons. The molecule has 6 heteroatoms. The second-order valence-electron chi connectivity index (χ2n) is 5.49. The molecular formula is C20H15ClN2O3. The average molecular weight is 367 g/mol. The van der Waals surface area contributed by atoms with E-state index >= 15 is 0 Å². The van der Waals surface area contributed by atoms with Gasteiger partial charge in [-0.2, -0.15) is 5.26 Å². The number of benzene rings is 2. The van der Waals surface area contributed by atoms with Gasteiger partial charge in [-0.1, -0.05) is 29.8 Å². The second kappa shape index (κ2) is 7.34. The van der Waals surface area contributed by atoms with Crippen LogP contribution < -0.4 is 9.47 Å². The average Bonchev–Trinajstić information content (AvgIpc) is 3.09. The first-order valence-corrected chi connectivity index (χ1v) is 8.11. The lowest BCUT2D eigenvalue weighted by molar-refractivity contribution is 0.104. The van der Waals surface area contributed by atoms with Crippen molar-refractivity contribution < 1.29 is 14.3 Å². The molecule has 5 nitrogen and oxygen atoms in total. The van der Waals surface area contributed by atoms with Crippen molar-refractivity contribution in [3.8, 4) is 17.6 Å². The number of hydrogen-bond acceptors (Lipinski definition) is 4. The van der Waals surface area contributed by atoms with Gasteiger partial charge in [-0.3, -0.25) is 4.79 Å². The third-order valence-corrected chi connectivity index (χ3v) is 4.25. The number of carbonyl (C=O) groups is 1. The van der Waals surface area contributed by atoms with Crippen LogP contribution in [0.25, 0.3) is 17.0 Å². The minimum Gasteiger partial charge on any atom is -0.493 e. The van der Waals surface area contributed by atoms with E-state index in [9.17, 15) is 10.1 Å². The number of nitrogens with one attached hydrogen (secondary N) is 1. The zero-order valence-electron chi connectivity index (χ0n) is 14.2. The van der Waals surface area contributed by atoms with Gasteiger partial charge in [0.15, 0.2) is 11.5 Å². The van der Waals surface area contributed by atoms with E-state index in [0.29, 0.717) is 27.6 Å². The number of fused-ring (bicyclic) bond motifs is 1. The first-order valence-electron chi connectivity index (χ1n) is 7.73. The molecule has 2 aromatic carbocycles. The van der Waals surface area contributed by atoms with Gasteiger partial charge in [0.1, 0.15) is 11.6 Å². The summed E-state index contributed by atoms with van der Waals surface area (Å²) in [7, 11) is 2.98. The Kier molecular flexibility index (Phi) is 4.97.